The van der Waals surface area contributed by atoms with Crippen LogP contribution in [-0.4, -0.2) is 16.1 Å². The van der Waals surface area contributed by atoms with Gasteiger partial charge in [0.05, 0.1) is 5.56 Å². The average molecular weight is 368 g/mol. The third-order valence-electron chi connectivity index (χ3n) is 4.30. The van der Waals surface area contributed by atoms with Crippen LogP contribution in [0.25, 0.3) is 11.1 Å². The first kappa shape index (κ1) is 18.5. The van der Waals surface area contributed by atoms with Gasteiger partial charge >= 0.3 is 5.97 Å². The van der Waals surface area contributed by atoms with Crippen LogP contribution in [0.2, 0.25) is 0 Å². The van der Waals surface area contributed by atoms with Crippen LogP contribution in [0, 0.1) is 0 Å². The molecule has 0 bridgehead atoms. The maximum Gasteiger partial charge on any atom is 0.335 e. The zero-order chi connectivity index (χ0) is 19.6. The van der Waals surface area contributed by atoms with E-state index in [9.17, 15) is 18.7 Å². The first-order valence-corrected chi connectivity index (χ1v) is 8.29. The van der Waals surface area contributed by atoms with Crippen LogP contribution in [0.3, 0.4) is 0 Å². The largest absolute Gasteiger partial charge is 0.478 e. The molecule has 1 heterocycles. The molecule has 0 aliphatic heterocycles. The number of pyridine rings is 1. The van der Waals surface area contributed by atoms with E-state index in [0.717, 1.165) is 23.6 Å². The monoisotopic (exact) mass is 368 g/mol. The maximum absolute atomic E-state index is 13.4. The number of anilines is 1. The lowest BCUT2D eigenvalue weighted by atomic mass is 9.93. The number of alkyl halides is 2. The lowest BCUT2D eigenvalue weighted by Gasteiger charge is -2.13. The molecule has 0 aliphatic rings. The normalized spacial score (nSPS) is 11.4. The molecule has 3 aromatic rings. The predicted octanol–water partition coefficient (Wildman–Crippen LogP) is 4.73. The second-order valence-electron chi connectivity index (χ2n) is 6.41. The molecule has 3 N–H and O–H groups in total. The minimum Gasteiger partial charge on any atom is -0.478 e. The van der Waals surface area contributed by atoms with Gasteiger partial charge in [0.1, 0.15) is 5.82 Å². The third-order valence-corrected chi connectivity index (χ3v) is 4.30. The Bertz CT molecular complexity index is 980. The molecule has 2 aromatic carbocycles. The van der Waals surface area contributed by atoms with Crippen molar-refractivity contribution in [1.29, 1.82) is 0 Å². The van der Waals surface area contributed by atoms with Gasteiger partial charge in [-0.25, -0.2) is 18.6 Å². The average Bonchev–Trinajstić information content (AvgIpc) is 2.61. The van der Waals surface area contributed by atoms with Crippen molar-refractivity contribution in [3.05, 3.63) is 83.0 Å². The maximum atomic E-state index is 13.4. The summed E-state index contributed by atoms with van der Waals surface area (Å²) in [4.78, 5) is 15.3. The summed E-state index contributed by atoms with van der Waals surface area (Å²) in [6.45, 7) is 0.860. The number of hydrogen-bond acceptors (Lipinski definition) is 3. The van der Waals surface area contributed by atoms with Gasteiger partial charge in [-0.2, -0.15) is 0 Å². The lowest BCUT2D eigenvalue weighted by Crippen LogP contribution is -2.06. The molecule has 138 valence electrons. The Morgan fingerprint density at radius 3 is 2.41 bits per heavy atom. The summed E-state index contributed by atoms with van der Waals surface area (Å²) in [7, 11) is 0. The number of nitrogens with two attached hydrogens (primary N) is 1. The number of hydrogen-bond donors (Lipinski definition) is 2. The molecule has 0 fully saturated rings. The van der Waals surface area contributed by atoms with E-state index >= 15 is 0 Å². The number of aromatic carboxylic acids is 1. The Morgan fingerprint density at radius 2 is 1.81 bits per heavy atom. The fraction of sp³-hybridized carbons (Fsp3) is 0.143. The molecule has 0 radical (unpaired) electrons. The number of carbonyl (C=O) groups is 1. The highest BCUT2D eigenvalue weighted by molar-refractivity contribution is 5.90. The van der Waals surface area contributed by atoms with Crippen molar-refractivity contribution >= 4 is 11.8 Å². The molecule has 6 heteroatoms. The number of carboxylic acids is 1. The van der Waals surface area contributed by atoms with Gasteiger partial charge in [0, 0.05) is 18.7 Å². The standard InChI is InChI=1S/C21H18F2N2O2/c1-21(22,23)17-6-2-13(3-7-17)10-14-4-5-16(20(26)27)11-18(14)15-8-9-25-19(24)12-15/h2-9,11-12H,10H2,1H3,(H2,24,25)(H,26,27). The van der Waals surface area contributed by atoms with Crippen molar-refractivity contribution in [1.82, 2.24) is 4.98 Å². The van der Waals surface area contributed by atoms with E-state index in [0.29, 0.717) is 17.8 Å². The zero-order valence-electron chi connectivity index (χ0n) is 14.6. The number of nitrogen functional groups attached to an aromatic ring is 1. The van der Waals surface area contributed by atoms with Crippen molar-refractivity contribution in [2.45, 2.75) is 19.3 Å². The quantitative estimate of drug-likeness (QED) is 0.682. The van der Waals surface area contributed by atoms with Gasteiger partial charge in [-0.3, -0.25) is 0 Å². The Kier molecular flexibility index (Phi) is 4.90. The van der Waals surface area contributed by atoms with Crippen molar-refractivity contribution in [2.24, 2.45) is 0 Å². The molecule has 0 atom stereocenters. The molecule has 0 unspecified atom stereocenters. The van der Waals surface area contributed by atoms with Crippen molar-refractivity contribution in [3.63, 3.8) is 0 Å². The highest BCUT2D eigenvalue weighted by Crippen LogP contribution is 2.30. The molecule has 3 rings (SSSR count). The van der Waals surface area contributed by atoms with E-state index in [1.807, 2.05) is 0 Å². The van der Waals surface area contributed by atoms with Crippen LogP contribution >= 0.6 is 0 Å². The Balaban J connectivity index is 2.01. The number of halogens is 2. The lowest BCUT2D eigenvalue weighted by molar-refractivity contribution is 0.0174. The molecule has 0 saturated carbocycles. The SMILES string of the molecule is CC(F)(F)c1ccc(Cc2ccc(C(=O)O)cc2-c2ccnc(N)c2)cc1. The number of carboxylic acid groups (broad SMARTS) is 1. The third kappa shape index (κ3) is 4.28. The smallest absolute Gasteiger partial charge is 0.335 e. The van der Waals surface area contributed by atoms with Gasteiger partial charge in [-0.15, -0.1) is 0 Å². The van der Waals surface area contributed by atoms with Crippen LogP contribution < -0.4 is 5.73 Å². The molecule has 0 amide bonds. The zero-order valence-corrected chi connectivity index (χ0v) is 14.6. The highest BCUT2D eigenvalue weighted by atomic mass is 19.3. The number of nitrogens with zero attached hydrogens (tertiary/aromatic N) is 1. The highest BCUT2D eigenvalue weighted by Gasteiger charge is 2.23. The molecule has 27 heavy (non-hydrogen) atoms. The minimum absolute atomic E-state index is 0.0467. The summed E-state index contributed by atoms with van der Waals surface area (Å²) in [6, 6.07) is 14.4. The Labute approximate surface area is 155 Å². The van der Waals surface area contributed by atoms with Gasteiger partial charge in [-0.05, 0) is 52.9 Å². The van der Waals surface area contributed by atoms with E-state index in [1.165, 1.54) is 18.2 Å². The first-order chi connectivity index (χ1) is 12.7. The van der Waals surface area contributed by atoms with Crippen molar-refractivity contribution < 1.29 is 18.7 Å². The number of benzene rings is 2. The fourth-order valence-electron chi connectivity index (χ4n) is 2.88. The van der Waals surface area contributed by atoms with Crippen LogP contribution in [0.1, 0.15) is 34.0 Å². The second-order valence-corrected chi connectivity index (χ2v) is 6.41. The van der Waals surface area contributed by atoms with E-state index in [2.05, 4.69) is 4.98 Å². The summed E-state index contributed by atoms with van der Waals surface area (Å²) < 4.78 is 26.8. The van der Waals surface area contributed by atoms with E-state index in [4.69, 9.17) is 5.73 Å². The summed E-state index contributed by atoms with van der Waals surface area (Å²) in [5, 5.41) is 9.29. The molecular weight excluding hydrogens is 350 g/mol. The van der Waals surface area contributed by atoms with Gasteiger partial charge in [-0.1, -0.05) is 30.3 Å². The number of aromatic nitrogens is 1. The fourth-order valence-corrected chi connectivity index (χ4v) is 2.88. The molecule has 0 saturated heterocycles. The Hall–Kier alpha value is -3.28. The summed E-state index contributed by atoms with van der Waals surface area (Å²) in [5.41, 5.74) is 9.03. The topological polar surface area (TPSA) is 76.2 Å². The van der Waals surface area contributed by atoms with Gasteiger partial charge in [0.25, 0.3) is 5.92 Å². The number of rotatable bonds is 5. The molecule has 0 aliphatic carbocycles. The molecular formula is C21H18F2N2O2. The van der Waals surface area contributed by atoms with Crippen molar-refractivity contribution in [2.75, 3.05) is 5.73 Å². The van der Waals surface area contributed by atoms with Gasteiger partial charge in [0.15, 0.2) is 0 Å². The van der Waals surface area contributed by atoms with Crippen molar-refractivity contribution in [3.8, 4) is 11.1 Å². The van der Waals surface area contributed by atoms with E-state index < -0.39 is 11.9 Å². The summed E-state index contributed by atoms with van der Waals surface area (Å²) >= 11 is 0. The van der Waals surface area contributed by atoms with Crippen LogP contribution in [0.4, 0.5) is 14.6 Å². The first-order valence-electron chi connectivity index (χ1n) is 8.29. The molecule has 1 aromatic heterocycles. The van der Waals surface area contributed by atoms with Gasteiger partial charge < -0.3 is 10.8 Å². The van der Waals surface area contributed by atoms with E-state index in [-0.39, 0.29) is 11.1 Å². The summed E-state index contributed by atoms with van der Waals surface area (Å²) in [5.74, 6) is -3.59. The Morgan fingerprint density at radius 1 is 1.11 bits per heavy atom. The second kappa shape index (κ2) is 7.15. The molecule has 4 nitrogen and oxygen atoms in total. The van der Waals surface area contributed by atoms with Crippen LogP contribution in [-0.2, 0) is 12.3 Å². The van der Waals surface area contributed by atoms with Crippen LogP contribution in [0.5, 0.6) is 0 Å². The minimum atomic E-state index is -2.89. The van der Waals surface area contributed by atoms with Crippen LogP contribution in [0.15, 0.2) is 60.8 Å². The van der Waals surface area contributed by atoms with E-state index in [1.54, 1.807) is 42.6 Å². The predicted molar refractivity (Wildman–Crippen MR) is 99.9 cm³/mol. The summed E-state index contributed by atoms with van der Waals surface area (Å²) in [6.07, 6.45) is 2.02. The van der Waals surface area contributed by atoms with Gasteiger partial charge in [0.2, 0.25) is 0 Å². The molecule has 0 spiro atoms.